The number of fused-ring (bicyclic) bond motifs is 1. The molecule has 0 aromatic rings. The molecule has 5 rings (SSSR count). The lowest BCUT2D eigenvalue weighted by Crippen LogP contribution is -2.62. The summed E-state index contributed by atoms with van der Waals surface area (Å²) in [5, 5.41) is 12.0. The van der Waals surface area contributed by atoms with E-state index in [1.807, 2.05) is 6.21 Å². The molecule has 0 aromatic heterocycles. The van der Waals surface area contributed by atoms with Gasteiger partial charge in [0.2, 0.25) is 0 Å². The summed E-state index contributed by atoms with van der Waals surface area (Å²) in [6.45, 7) is 1.49. The molecule has 3 nitrogen and oxygen atoms in total. The van der Waals surface area contributed by atoms with E-state index in [0.29, 0.717) is 12.5 Å². The fourth-order valence-corrected chi connectivity index (χ4v) is 4.31. The zero-order valence-corrected chi connectivity index (χ0v) is 9.13. The van der Waals surface area contributed by atoms with Crippen molar-refractivity contribution >= 4 is 6.21 Å². The number of hydroxylamine groups is 1. The standard InChI is InChI=1S/C13H15NO2/c15-14-7-10-3-4-11(14)13-6-2-1-5-12(10,13)8-16-9-13/h1-2,5-7,10-11H,3-4,8-9H2/t10?,11-,12?,13+/m0/s1. The summed E-state index contributed by atoms with van der Waals surface area (Å²) in [5.41, 5.74) is 0.0206. The van der Waals surface area contributed by atoms with Gasteiger partial charge in [0.25, 0.3) is 0 Å². The Hall–Kier alpha value is -1.09. The Labute approximate surface area is 94.7 Å². The molecule has 3 aliphatic heterocycles. The molecular formula is C13H15NO2. The molecular weight excluding hydrogens is 202 g/mol. The van der Waals surface area contributed by atoms with Gasteiger partial charge >= 0.3 is 0 Å². The SMILES string of the molecule is [O-][N+]1=CC2CC[C@H]1[C@]13C=CC=CC21COC3. The second kappa shape index (κ2) is 2.59. The average Bonchev–Trinajstić information content (AvgIpc) is 2.71. The maximum atomic E-state index is 12.0. The minimum atomic E-state index is -0.0544. The van der Waals surface area contributed by atoms with E-state index >= 15 is 0 Å². The molecule has 2 aliphatic carbocycles. The molecule has 4 atom stereocenters. The van der Waals surface area contributed by atoms with E-state index in [1.165, 1.54) is 4.74 Å². The second-order valence-corrected chi connectivity index (χ2v) is 5.50. The minimum absolute atomic E-state index is 0.0544. The number of rotatable bonds is 0. The quantitative estimate of drug-likeness (QED) is 0.455. The van der Waals surface area contributed by atoms with Gasteiger partial charge < -0.3 is 9.94 Å². The van der Waals surface area contributed by atoms with Crippen LogP contribution in [0.15, 0.2) is 24.3 Å². The Balaban J connectivity index is 1.99. The Bertz CT molecular complexity index is 439. The minimum Gasteiger partial charge on any atom is -0.624 e. The van der Waals surface area contributed by atoms with Crippen LogP contribution in [0.25, 0.3) is 0 Å². The van der Waals surface area contributed by atoms with Gasteiger partial charge in [0, 0.05) is 17.8 Å². The van der Waals surface area contributed by atoms with E-state index < -0.39 is 0 Å². The Morgan fingerprint density at radius 2 is 1.88 bits per heavy atom. The van der Waals surface area contributed by atoms with E-state index in [0.717, 1.165) is 19.4 Å². The van der Waals surface area contributed by atoms with Gasteiger partial charge in [0.15, 0.2) is 12.3 Å². The molecule has 5 aliphatic rings. The highest BCUT2D eigenvalue weighted by atomic mass is 16.5. The van der Waals surface area contributed by atoms with Gasteiger partial charge in [-0.25, -0.2) is 4.74 Å². The number of hydrogen-bond donors (Lipinski definition) is 0. The van der Waals surface area contributed by atoms with Crippen molar-refractivity contribution in [3.05, 3.63) is 29.5 Å². The van der Waals surface area contributed by atoms with Crippen LogP contribution >= 0.6 is 0 Å². The van der Waals surface area contributed by atoms with Crippen molar-refractivity contribution in [3.63, 3.8) is 0 Å². The first-order valence-electron chi connectivity index (χ1n) is 6.04. The van der Waals surface area contributed by atoms with Crippen LogP contribution in [0.3, 0.4) is 0 Å². The van der Waals surface area contributed by atoms with Crippen LogP contribution in [0.2, 0.25) is 0 Å². The smallest absolute Gasteiger partial charge is 0.175 e. The summed E-state index contributed by atoms with van der Waals surface area (Å²) < 4.78 is 6.96. The molecule has 0 N–H and O–H groups in total. The van der Waals surface area contributed by atoms with Crippen LogP contribution in [-0.2, 0) is 4.74 Å². The molecule has 0 aromatic carbocycles. The second-order valence-electron chi connectivity index (χ2n) is 5.50. The van der Waals surface area contributed by atoms with Crippen LogP contribution in [0.5, 0.6) is 0 Å². The third-order valence-electron chi connectivity index (χ3n) is 5.09. The number of allylic oxidation sites excluding steroid dienone is 2. The van der Waals surface area contributed by atoms with Gasteiger partial charge in [-0.2, -0.15) is 0 Å². The third kappa shape index (κ3) is 0.735. The largest absolute Gasteiger partial charge is 0.624 e. The molecule has 0 spiro atoms. The fourth-order valence-electron chi connectivity index (χ4n) is 4.31. The van der Waals surface area contributed by atoms with E-state index in [2.05, 4.69) is 24.3 Å². The molecule has 16 heavy (non-hydrogen) atoms. The van der Waals surface area contributed by atoms with Crippen LogP contribution in [-0.4, -0.2) is 30.2 Å². The predicted octanol–water partition coefficient (Wildman–Crippen LogP) is 1.49. The molecule has 2 unspecified atom stereocenters. The van der Waals surface area contributed by atoms with E-state index in [-0.39, 0.29) is 16.9 Å². The maximum absolute atomic E-state index is 12.0. The molecule has 2 bridgehead atoms. The summed E-state index contributed by atoms with van der Waals surface area (Å²) in [6.07, 6.45) is 12.8. The lowest BCUT2D eigenvalue weighted by molar-refractivity contribution is -0.539. The molecule has 1 saturated carbocycles. The van der Waals surface area contributed by atoms with Crippen molar-refractivity contribution in [3.8, 4) is 0 Å². The zero-order valence-electron chi connectivity index (χ0n) is 9.13. The van der Waals surface area contributed by atoms with Crippen LogP contribution in [0, 0.1) is 22.0 Å². The van der Waals surface area contributed by atoms with Crippen molar-refractivity contribution in [2.75, 3.05) is 13.2 Å². The summed E-state index contributed by atoms with van der Waals surface area (Å²) in [6, 6.07) is 0.0844. The molecule has 0 amide bonds. The van der Waals surface area contributed by atoms with Crippen molar-refractivity contribution in [2.24, 2.45) is 16.7 Å². The first-order valence-corrected chi connectivity index (χ1v) is 6.04. The summed E-state index contributed by atoms with van der Waals surface area (Å²) in [5.74, 6) is 0.360. The third-order valence-corrected chi connectivity index (χ3v) is 5.09. The van der Waals surface area contributed by atoms with Gasteiger partial charge in [-0.05, 0) is 6.42 Å². The van der Waals surface area contributed by atoms with E-state index in [9.17, 15) is 5.21 Å². The van der Waals surface area contributed by atoms with Crippen LogP contribution < -0.4 is 0 Å². The monoisotopic (exact) mass is 217 g/mol. The molecule has 3 heteroatoms. The highest BCUT2D eigenvalue weighted by Gasteiger charge is 2.69. The van der Waals surface area contributed by atoms with Gasteiger partial charge in [-0.1, -0.05) is 24.3 Å². The Morgan fingerprint density at radius 1 is 1.12 bits per heavy atom. The highest BCUT2D eigenvalue weighted by molar-refractivity contribution is 5.62. The predicted molar refractivity (Wildman–Crippen MR) is 60.2 cm³/mol. The molecule has 84 valence electrons. The Morgan fingerprint density at radius 3 is 2.69 bits per heavy atom. The number of ether oxygens (including phenoxy) is 1. The van der Waals surface area contributed by atoms with Gasteiger partial charge in [-0.15, -0.1) is 0 Å². The summed E-state index contributed by atoms with van der Waals surface area (Å²) in [4.78, 5) is 0. The highest BCUT2D eigenvalue weighted by Crippen LogP contribution is 2.62. The Kier molecular flexibility index (Phi) is 1.46. The first-order chi connectivity index (χ1) is 7.79. The zero-order chi connectivity index (χ0) is 10.8. The lowest BCUT2D eigenvalue weighted by Gasteiger charge is -2.54. The topological polar surface area (TPSA) is 35.3 Å². The number of hydrogen-bond acceptors (Lipinski definition) is 2. The van der Waals surface area contributed by atoms with Crippen molar-refractivity contribution in [1.82, 2.24) is 0 Å². The summed E-state index contributed by atoms with van der Waals surface area (Å²) in [7, 11) is 0. The van der Waals surface area contributed by atoms with Crippen LogP contribution in [0.1, 0.15) is 12.8 Å². The normalized spacial score (nSPS) is 52.4. The molecule has 1 saturated heterocycles. The van der Waals surface area contributed by atoms with Crippen molar-refractivity contribution in [1.29, 1.82) is 0 Å². The average molecular weight is 217 g/mol. The van der Waals surface area contributed by atoms with Gasteiger partial charge in [0.1, 0.15) is 0 Å². The van der Waals surface area contributed by atoms with E-state index in [4.69, 9.17) is 4.74 Å². The molecule has 3 heterocycles. The van der Waals surface area contributed by atoms with E-state index in [1.54, 1.807) is 0 Å². The molecule has 2 fully saturated rings. The first kappa shape index (κ1) is 8.99. The van der Waals surface area contributed by atoms with Gasteiger partial charge in [0.05, 0.1) is 18.6 Å². The fraction of sp³-hybridized carbons (Fsp3) is 0.615. The van der Waals surface area contributed by atoms with Crippen LogP contribution in [0.4, 0.5) is 0 Å². The number of nitrogens with zero attached hydrogens (tertiary/aromatic N) is 1. The molecule has 0 radical (unpaired) electrons. The van der Waals surface area contributed by atoms with Crippen molar-refractivity contribution < 1.29 is 9.48 Å². The maximum Gasteiger partial charge on any atom is 0.175 e. The summed E-state index contributed by atoms with van der Waals surface area (Å²) >= 11 is 0. The van der Waals surface area contributed by atoms with Gasteiger partial charge in [-0.3, -0.25) is 0 Å². The van der Waals surface area contributed by atoms with Crippen molar-refractivity contribution in [2.45, 2.75) is 18.9 Å². The lowest BCUT2D eigenvalue weighted by atomic mass is 9.48.